The van der Waals surface area contributed by atoms with Crippen molar-refractivity contribution in [2.75, 3.05) is 0 Å². The first-order valence-electron chi connectivity index (χ1n) is 6.38. The Morgan fingerprint density at radius 3 is 2.48 bits per heavy atom. The summed E-state index contributed by atoms with van der Waals surface area (Å²) in [6.45, 7) is 3.12. The Hall–Kier alpha value is -2.34. The molecule has 0 aromatic heterocycles. The molecule has 1 aromatic carbocycles. The molecule has 0 aliphatic rings. The van der Waals surface area contributed by atoms with Crippen LogP contribution in [0.5, 0.6) is 0 Å². The second-order valence-electron chi connectivity index (χ2n) is 4.55. The van der Waals surface area contributed by atoms with Crippen molar-refractivity contribution in [3.8, 4) is 6.07 Å². The molecular weight excluding hydrogens is 333 g/mol. The topological polar surface area (TPSA) is 87.0 Å². The largest absolute Gasteiger partial charge is 0.417 e. The third-order valence-electron chi connectivity index (χ3n) is 2.82. The van der Waals surface area contributed by atoms with E-state index in [1.165, 1.54) is 19.1 Å². The number of sulfonamides is 1. The number of rotatable bonds is 4. The Morgan fingerprint density at radius 1 is 1.39 bits per heavy atom. The number of nitriles is 1. The van der Waals surface area contributed by atoms with Crippen molar-refractivity contribution in [2.45, 2.75) is 31.3 Å². The highest BCUT2D eigenvalue weighted by atomic mass is 32.2. The minimum atomic E-state index is -4.89. The van der Waals surface area contributed by atoms with Gasteiger partial charge in [-0.2, -0.15) is 18.4 Å². The highest BCUT2D eigenvalue weighted by Gasteiger charge is 2.35. The number of allylic oxidation sites excluding steroid dienone is 1. The van der Waals surface area contributed by atoms with Crippen LogP contribution in [0.25, 0.3) is 0 Å². The Bertz CT molecular complexity index is 790. The number of hydrogen-bond acceptors (Lipinski definition) is 4. The van der Waals surface area contributed by atoms with Crippen molar-refractivity contribution < 1.29 is 26.4 Å². The SMILES string of the molecule is CC/C=C(/C)C(=O)NS(=O)(=O)c1ccc(C#N)c(C(F)(F)F)c1. The summed E-state index contributed by atoms with van der Waals surface area (Å²) in [5.41, 5.74) is -1.96. The summed E-state index contributed by atoms with van der Waals surface area (Å²) in [5.74, 6) is -0.926. The van der Waals surface area contributed by atoms with Crippen LogP contribution in [-0.4, -0.2) is 14.3 Å². The zero-order valence-electron chi connectivity index (χ0n) is 12.2. The van der Waals surface area contributed by atoms with Crippen molar-refractivity contribution in [3.63, 3.8) is 0 Å². The van der Waals surface area contributed by atoms with Gasteiger partial charge in [0.2, 0.25) is 0 Å². The summed E-state index contributed by atoms with van der Waals surface area (Å²) in [6, 6.07) is 3.25. The fourth-order valence-corrected chi connectivity index (χ4v) is 2.73. The fourth-order valence-electron chi connectivity index (χ4n) is 1.68. The van der Waals surface area contributed by atoms with Crippen LogP contribution < -0.4 is 4.72 Å². The number of benzene rings is 1. The molecule has 0 spiro atoms. The average molecular weight is 346 g/mol. The monoisotopic (exact) mass is 346 g/mol. The first-order valence-corrected chi connectivity index (χ1v) is 7.86. The highest BCUT2D eigenvalue weighted by Crippen LogP contribution is 2.33. The van der Waals surface area contributed by atoms with E-state index in [-0.39, 0.29) is 5.57 Å². The molecule has 1 aromatic rings. The van der Waals surface area contributed by atoms with Gasteiger partial charge < -0.3 is 0 Å². The molecule has 0 saturated heterocycles. The summed E-state index contributed by atoms with van der Waals surface area (Å²) in [5, 5.41) is 8.68. The van der Waals surface area contributed by atoms with Crippen molar-refractivity contribution in [3.05, 3.63) is 41.0 Å². The maximum absolute atomic E-state index is 12.9. The molecule has 0 atom stereocenters. The van der Waals surface area contributed by atoms with Crippen molar-refractivity contribution in [2.24, 2.45) is 0 Å². The maximum atomic E-state index is 12.9. The van der Waals surface area contributed by atoms with Gasteiger partial charge in [0.1, 0.15) is 0 Å². The van der Waals surface area contributed by atoms with Crippen molar-refractivity contribution in [1.82, 2.24) is 4.72 Å². The third-order valence-corrected chi connectivity index (χ3v) is 4.15. The molecule has 5 nitrogen and oxygen atoms in total. The summed E-state index contributed by atoms with van der Waals surface area (Å²) < 4.78 is 64.3. The zero-order chi connectivity index (χ0) is 17.8. The number of carbonyl (C=O) groups excluding carboxylic acids is 1. The van der Waals surface area contributed by atoms with Gasteiger partial charge in [-0.25, -0.2) is 13.1 Å². The number of hydrogen-bond donors (Lipinski definition) is 1. The molecule has 0 fully saturated rings. The van der Waals surface area contributed by atoms with Gasteiger partial charge >= 0.3 is 6.18 Å². The van der Waals surface area contributed by atoms with Gasteiger partial charge in [0.15, 0.2) is 0 Å². The van der Waals surface area contributed by atoms with E-state index >= 15 is 0 Å². The smallest absolute Gasteiger partial charge is 0.269 e. The predicted octanol–water partition coefficient (Wildman–Crippen LogP) is 2.74. The lowest BCUT2D eigenvalue weighted by Gasteiger charge is -2.12. The molecule has 23 heavy (non-hydrogen) atoms. The molecule has 124 valence electrons. The van der Waals surface area contributed by atoms with Crippen LogP contribution in [0.1, 0.15) is 31.4 Å². The van der Waals surface area contributed by atoms with Gasteiger partial charge in [0, 0.05) is 5.57 Å². The van der Waals surface area contributed by atoms with E-state index in [1.807, 2.05) is 0 Å². The van der Waals surface area contributed by atoms with Crippen molar-refractivity contribution in [1.29, 1.82) is 5.26 Å². The van der Waals surface area contributed by atoms with Gasteiger partial charge in [0.25, 0.3) is 15.9 Å². The van der Waals surface area contributed by atoms with E-state index in [1.54, 1.807) is 11.6 Å². The van der Waals surface area contributed by atoms with E-state index in [9.17, 15) is 26.4 Å². The first-order chi connectivity index (χ1) is 10.5. The van der Waals surface area contributed by atoms with Crippen LogP contribution >= 0.6 is 0 Å². The number of halogens is 3. The van der Waals surface area contributed by atoms with E-state index in [2.05, 4.69) is 0 Å². The summed E-state index contributed by atoms with van der Waals surface area (Å²) >= 11 is 0. The van der Waals surface area contributed by atoms with Gasteiger partial charge in [-0.05, 0) is 31.5 Å². The lowest BCUT2D eigenvalue weighted by atomic mass is 10.1. The second kappa shape index (κ2) is 6.83. The predicted molar refractivity (Wildman–Crippen MR) is 75.5 cm³/mol. The minimum Gasteiger partial charge on any atom is -0.269 e. The lowest BCUT2D eigenvalue weighted by Crippen LogP contribution is -2.31. The average Bonchev–Trinajstić information content (AvgIpc) is 2.45. The Morgan fingerprint density at radius 2 is 2.00 bits per heavy atom. The molecular formula is C14H13F3N2O3S. The van der Waals surface area contributed by atoms with Gasteiger partial charge in [-0.15, -0.1) is 0 Å². The van der Waals surface area contributed by atoms with Crippen LogP contribution in [0.15, 0.2) is 34.7 Å². The number of carbonyl (C=O) groups is 1. The molecule has 1 N–H and O–H groups in total. The summed E-state index contributed by atoms with van der Waals surface area (Å²) in [7, 11) is -4.48. The molecule has 0 radical (unpaired) electrons. The maximum Gasteiger partial charge on any atom is 0.417 e. The van der Waals surface area contributed by atoms with Crippen LogP contribution in [0, 0.1) is 11.3 Å². The second-order valence-corrected chi connectivity index (χ2v) is 6.23. The van der Waals surface area contributed by atoms with Crippen molar-refractivity contribution >= 4 is 15.9 Å². The van der Waals surface area contributed by atoms with Crippen LogP contribution in [0.2, 0.25) is 0 Å². The molecule has 0 heterocycles. The molecule has 1 rings (SSSR count). The molecule has 9 heteroatoms. The summed E-state index contributed by atoms with van der Waals surface area (Å²) in [4.78, 5) is 10.9. The quantitative estimate of drug-likeness (QED) is 0.849. The Kier molecular flexibility index (Phi) is 5.56. The van der Waals surface area contributed by atoms with Gasteiger partial charge in [-0.3, -0.25) is 4.79 Å². The number of amides is 1. The first kappa shape index (κ1) is 18.7. The van der Waals surface area contributed by atoms with Crippen LogP contribution in [0.4, 0.5) is 13.2 Å². The van der Waals surface area contributed by atoms with Crippen LogP contribution in [-0.2, 0) is 21.0 Å². The van der Waals surface area contributed by atoms with Gasteiger partial charge in [0.05, 0.1) is 22.1 Å². The fraction of sp³-hybridized carbons (Fsp3) is 0.286. The third kappa shape index (κ3) is 4.56. The number of alkyl halides is 3. The number of nitrogens with one attached hydrogen (secondary N) is 1. The van der Waals surface area contributed by atoms with E-state index < -0.39 is 38.1 Å². The van der Waals surface area contributed by atoms with E-state index in [0.29, 0.717) is 12.5 Å². The molecule has 1 amide bonds. The molecule has 0 aliphatic carbocycles. The van der Waals surface area contributed by atoms with Crippen LogP contribution in [0.3, 0.4) is 0 Å². The zero-order valence-corrected chi connectivity index (χ0v) is 13.0. The Balaban J connectivity index is 3.28. The highest BCUT2D eigenvalue weighted by molar-refractivity contribution is 7.90. The molecule has 0 saturated carbocycles. The minimum absolute atomic E-state index is 0.126. The molecule has 0 aliphatic heterocycles. The number of nitrogens with zero attached hydrogens (tertiary/aromatic N) is 1. The standard InChI is InChI=1S/C14H13F3N2O3S/c1-3-4-9(2)13(20)19-23(21,22)11-6-5-10(8-18)12(7-11)14(15,16)17/h4-7H,3H2,1-2H3,(H,19,20)/b9-4-. The summed E-state index contributed by atoms with van der Waals surface area (Å²) in [6.07, 6.45) is -2.92. The Labute approximate surface area is 131 Å². The molecule has 0 unspecified atom stereocenters. The van der Waals surface area contributed by atoms with E-state index in [4.69, 9.17) is 5.26 Å². The van der Waals surface area contributed by atoms with E-state index in [0.717, 1.165) is 12.1 Å². The molecule has 0 bridgehead atoms. The van der Waals surface area contributed by atoms with Gasteiger partial charge in [-0.1, -0.05) is 13.0 Å². The normalized spacial score (nSPS) is 12.6. The lowest BCUT2D eigenvalue weighted by molar-refractivity contribution is -0.137.